The number of nitrogens with zero attached hydrogens (tertiary/aromatic N) is 1. The first kappa shape index (κ1) is 11.8. The molecule has 2 rings (SSSR count). The van der Waals surface area contributed by atoms with Crippen LogP contribution in [-0.2, 0) is 11.1 Å². The van der Waals surface area contributed by atoms with Crippen LogP contribution in [0.3, 0.4) is 0 Å². The SMILES string of the molecule is O=S(O)c1ccc2ccccc2n1.[Na]. The molecule has 0 aliphatic heterocycles. The molecule has 0 fully saturated rings. The third-order valence-electron chi connectivity index (χ3n) is 1.75. The largest absolute Gasteiger partial charge is 0.301 e. The molecule has 1 aromatic heterocycles. The molecule has 3 nitrogen and oxygen atoms in total. The Balaban J connectivity index is 0.000000980. The summed E-state index contributed by atoms with van der Waals surface area (Å²) in [5.74, 6) is 0. The van der Waals surface area contributed by atoms with Crippen molar-refractivity contribution in [3.63, 3.8) is 0 Å². The Bertz CT molecular complexity index is 475. The molecule has 14 heavy (non-hydrogen) atoms. The summed E-state index contributed by atoms with van der Waals surface area (Å²) in [5, 5.41) is 1.16. The third kappa shape index (κ3) is 2.40. The standard InChI is InChI=1S/C9H7NO2S.Na/c11-13(12)9-6-5-7-3-1-2-4-8(7)10-9;/h1-6H,(H,11,12);. The second kappa shape index (κ2) is 5.00. The number of hydrogen-bond donors (Lipinski definition) is 1. The molecule has 1 radical (unpaired) electrons. The van der Waals surface area contributed by atoms with Gasteiger partial charge in [0.25, 0.3) is 0 Å². The molecule has 1 heterocycles. The summed E-state index contributed by atoms with van der Waals surface area (Å²) in [7, 11) is 0. The molecular weight excluding hydrogens is 209 g/mol. The summed E-state index contributed by atoms with van der Waals surface area (Å²) in [4.78, 5) is 4.02. The van der Waals surface area contributed by atoms with Crippen LogP contribution in [0, 0.1) is 0 Å². The molecule has 0 spiro atoms. The molecule has 2 aromatic rings. The van der Waals surface area contributed by atoms with Crippen molar-refractivity contribution >= 4 is 51.5 Å². The van der Waals surface area contributed by atoms with Gasteiger partial charge in [0.1, 0.15) is 0 Å². The molecule has 0 amide bonds. The molecule has 67 valence electrons. The van der Waals surface area contributed by atoms with Gasteiger partial charge < -0.3 is 4.55 Å². The summed E-state index contributed by atoms with van der Waals surface area (Å²) in [5.41, 5.74) is 0.738. The van der Waals surface area contributed by atoms with Gasteiger partial charge in [0.15, 0.2) is 5.03 Å². The predicted molar refractivity (Wildman–Crippen MR) is 56.5 cm³/mol. The second-order valence-corrected chi connectivity index (χ2v) is 3.51. The van der Waals surface area contributed by atoms with Crippen molar-refractivity contribution in [2.75, 3.05) is 0 Å². The van der Waals surface area contributed by atoms with Gasteiger partial charge in [0, 0.05) is 34.9 Å². The van der Waals surface area contributed by atoms with Crippen LogP contribution in [0.5, 0.6) is 0 Å². The zero-order valence-electron chi connectivity index (χ0n) is 7.68. The number of fused-ring (bicyclic) bond motifs is 1. The van der Waals surface area contributed by atoms with Crippen LogP contribution in [0.1, 0.15) is 0 Å². The number of hydrogen-bond acceptors (Lipinski definition) is 2. The summed E-state index contributed by atoms with van der Waals surface area (Å²) in [6, 6.07) is 10.8. The van der Waals surface area contributed by atoms with Gasteiger partial charge in [0.05, 0.1) is 5.52 Å². The van der Waals surface area contributed by atoms with Gasteiger partial charge in [-0.3, -0.25) is 0 Å². The van der Waals surface area contributed by atoms with E-state index in [2.05, 4.69) is 4.98 Å². The van der Waals surface area contributed by atoms with Gasteiger partial charge in [0.2, 0.25) is 11.1 Å². The maximum Gasteiger partial charge on any atom is 0.205 e. The molecule has 1 atom stereocenters. The average molecular weight is 216 g/mol. The van der Waals surface area contributed by atoms with Crippen LogP contribution in [0.15, 0.2) is 41.4 Å². The van der Waals surface area contributed by atoms with Crippen molar-refractivity contribution in [2.24, 2.45) is 0 Å². The first-order valence-corrected chi connectivity index (χ1v) is 4.85. The normalized spacial score (nSPS) is 12.1. The first-order valence-electron chi connectivity index (χ1n) is 3.74. The van der Waals surface area contributed by atoms with E-state index in [1.165, 1.54) is 0 Å². The van der Waals surface area contributed by atoms with Crippen molar-refractivity contribution in [3.05, 3.63) is 36.4 Å². The predicted octanol–water partition coefficient (Wildman–Crippen LogP) is 1.43. The molecule has 5 heteroatoms. The fraction of sp³-hybridized carbons (Fsp3) is 0. The van der Waals surface area contributed by atoms with E-state index in [1.807, 2.05) is 24.3 Å². The van der Waals surface area contributed by atoms with Gasteiger partial charge >= 0.3 is 0 Å². The molecule has 1 unspecified atom stereocenters. The van der Waals surface area contributed by atoms with E-state index in [9.17, 15) is 4.21 Å². The van der Waals surface area contributed by atoms with Gasteiger partial charge in [-0.2, -0.15) is 0 Å². The minimum atomic E-state index is -2.00. The molecule has 0 aliphatic rings. The number of aromatic nitrogens is 1. The minimum absolute atomic E-state index is 0. The fourth-order valence-electron chi connectivity index (χ4n) is 1.14. The second-order valence-electron chi connectivity index (χ2n) is 2.59. The molecule has 0 saturated heterocycles. The van der Waals surface area contributed by atoms with E-state index in [0.717, 1.165) is 10.9 Å². The van der Waals surface area contributed by atoms with E-state index in [-0.39, 0.29) is 34.6 Å². The Morgan fingerprint density at radius 2 is 1.86 bits per heavy atom. The van der Waals surface area contributed by atoms with Crippen LogP contribution >= 0.6 is 0 Å². The van der Waals surface area contributed by atoms with E-state index in [4.69, 9.17) is 4.55 Å². The summed E-state index contributed by atoms with van der Waals surface area (Å²) in [6.07, 6.45) is 0. The number of rotatable bonds is 1. The van der Waals surface area contributed by atoms with Gasteiger partial charge in [-0.1, -0.05) is 18.2 Å². The summed E-state index contributed by atoms with van der Waals surface area (Å²) >= 11 is -2.00. The topological polar surface area (TPSA) is 50.2 Å². The maximum atomic E-state index is 10.7. The van der Waals surface area contributed by atoms with Crippen molar-refractivity contribution in [3.8, 4) is 0 Å². The van der Waals surface area contributed by atoms with Crippen LogP contribution in [0.2, 0.25) is 0 Å². The summed E-state index contributed by atoms with van der Waals surface area (Å²) in [6.45, 7) is 0. The number of pyridine rings is 1. The van der Waals surface area contributed by atoms with Crippen molar-refractivity contribution < 1.29 is 8.76 Å². The van der Waals surface area contributed by atoms with E-state index < -0.39 is 11.1 Å². The molecular formula is C9H7NNaO2S. The van der Waals surface area contributed by atoms with Crippen molar-refractivity contribution in [1.82, 2.24) is 4.98 Å². The van der Waals surface area contributed by atoms with Crippen molar-refractivity contribution in [2.45, 2.75) is 5.03 Å². The van der Waals surface area contributed by atoms with Crippen LogP contribution in [0.25, 0.3) is 10.9 Å². The van der Waals surface area contributed by atoms with Crippen LogP contribution in [-0.4, -0.2) is 43.3 Å². The Morgan fingerprint density at radius 1 is 1.14 bits per heavy atom. The Morgan fingerprint density at radius 3 is 2.57 bits per heavy atom. The van der Waals surface area contributed by atoms with Gasteiger partial charge in [-0.05, 0) is 18.2 Å². The van der Waals surface area contributed by atoms with E-state index in [1.54, 1.807) is 12.1 Å². The molecule has 1 N–H and O–H groups in total. The van der Waals surface area contributed by atoms with E-state index >= 15 is 0 Å². The fourth-order valence-corrected chi connectivity index (χ4v) is 1.51. The average Bonchev–Trinajstić information content (AvgIpc) is 2.17. The van der Waals surface area contributed by atoms with Crippen LogP contribution < -0.4 is 0 Å². The van der Waals surface area contributed by atoms with Gasteiger partial charge in [-0.15, -0.1) is 0 Å². The maximum absolute atomic E-state index is 10.7. The Kier molecular flexibility index (Phi) is 4.22. The number of para-hydroxylation sites is 1. The summed E-state index contributed by atoms with van der Waals surface area (Å²) < 4.78 is 19.5. The Labute approximate surface area is 106 Å². The molecule has 1 aromatic carbocycles. The monoisotopic (exact) mass is 216 g/mol. The van der Waals surface area contributed by atoms with E-state index in [0.29, 0.717) is 0 Å². The quantitative estimate of drug-likeness (QED) is 0.579. The number of benzene rings is 1. The molecule has 0 bridgehead atoms. The molecule has 0 aliphatic carbocycles. The minimum Gasteiger partial charge on any atom is -0.301 e. The smallest absolute Gasteiger partial charge is 0.205 e. The van der Waals surface area contributed by atoms with Crippen molar-refractivity contribution in [1.29, 1.82) is 0 Å². The first-order chi connectivity index (χ1) is 6.27. The molecule has 0 saturated carbocycles. The van der Waals surface area contributed by atoms with Crippen LogP contribution in [0.4, 0.5) is 0 Å². The Hall–Kier alpha value is -0.260. The third-order valence-corrected chi connectivity index (χ3v) is 2.34. The zero-order valence-corrected chi connectivity index (χ0v) is 10.5. The zero-order chi connectivity index (χ0) is 9.26. The van der Waals surface area contributed by atoms with Gasteiger partial charge in [-0.25, -0.2) is 9.19 Å².